The molecule has 0 spiro atoms. The van der Waals surface area contributed by atoms with E-state index in [0.29, 0.717) is 0 Å². The van der Waals surface area contributed by atoms with Gasteiger partial charge in [-0.05, 0) is 29.8 Å². The molecule has 1 N–H and O–H groups in total. The van der Waals surface area contributed by atoms with Crippen molar-refractivity contribution in [3.8, 4) is 0 Å². The molecule has 0 aliphatic rings. The first-order valence-corrected chi connectivity index (χ1v) is 4.57. The Morgan fingerprint density at radius 1 is 1.40 bits per heavy atom. The van der Waals surface area contributed by atoms with Crippen LogP contribution in [0, 0.1) is 5.82 Å². The number of hydrogen-bond donors (Lipinski definition) is 1. The van der Waals surface area contributed by atoms with E-state index in [1.54, 1.807) is 42.6 Å². The van der Waals surface area contributed by atoms with Gasteiger partial charge in [-0.15, -0.1) is 0 Å². The van der Waals surface area contributed by atoms with Crippen LogP contribution >= 0.6 is 0 Å². The van der Waals surface area contributed by atoms with Crippen LogP contribution in [0.4, 0.5) is 4.39 Å². The molecule has 0 aliphatic carbocycles. The second-order valence-electron chi connectivity index (χ2n) is 3.05. The quantitative estimate of drug-likeness (QED) is 0.835. The molecule has 1 aromatic heterocycles. The van der Waals surface area contributed by atoms with Crippen LogP contribution < -0.4 is 5.32 Å². The van der Waals surface area contributed by atoms with Crippen LogP contribution in [0.15, 0.2) is 41.2 Å². The highest BCUT2D eigenvalue weighted by molar-refractivity contribution is 5.73. The lowest BCUT2D eigenvalue weighted by Gasteiger charge is -2.08. The van der Waals surface area contributed by atoms with Crippen LogP contribution in [0.1, 0.15) is 5.56 Å². The molecule has 4 heteroatoms. The Bertz CT molecular complexity index is 444. The third-order valence-corrected chi connectivity index (χ3v) is 2.07. The fourth-order valence-electron chi connectivity index (χ4n) is 1.24. The maximum absolute atomic E-state index is 12.7. The number of hydrogen-bond acceptors (Lipinski definition) is 2. The molecular formula is C11H11FN2O. The largest absolute Gasteiger partial charge is 0.386 e. The number of benzene rings is 1. The molecule has 0 aliphatic heterocycles. The molecule has 15 heavy (non-hydrogen) atoms. The van der Waals surface area contributed by atoms with Crippen LogP contribution in [0.3, 0.4) is 0 Å². The summed E-state index contributed by atoms with van der Waals surface area (Å²) in [5.74, 6) is -0.241. The van der Waals surface area contributed by atoms with E-state index in [2.05, 4.69) is 5.32 Å². The molecule has 1 aromatic carbocycles. The van der Waals surface area contributed by atoms with Gasteiger partial charge in [0, 0.05) is 7.05 Å². The van der Waals surface area contributed by atoms with Crippen molar-refractivity contribution in [2.75, 3.05) is 7.05 Å². The number of nitrogens with zero attached hydrogens (tertiary/aromatic N) is 1. The summed E-state index contributed by atoms with van der Waals surface area (Å²) in [4.78, 5) is 0. The number of aromatic nitrogens is 1. The Labute approximate surface area is 86.8 Å². The molecule has 0 amide bonds. The van der Waals surface area contributed by atoms with E-state index >= 15 is 0 Å². The fourth-order valence-corrected chi connectivity index (χ4v) is 1.24. The van der Waals surface area contributed by atoms with E-state index in [9.17, 15) is 4.39 Å². The molecule has 2 rings (SSSR count). The monoisotopic (exact) mass is 206 g/mol. The minimum Gasteiger partial charge on any atom is -0.386 e. The number of nitrogens with one attached hydrogen (secondary N) is 1. The van der Waals surface area contributed by atoms with Crippen molar-refractivity contribution in [1.29, 1.82) is 0 Å². The van der Waals surface area contributed by atoms with Gasteiger partial charge in [-0.2, -0.15) is 4.74 Å². The molecule has 0 saturated heterocycles. The minimum absolute atomic E-state index is 0.241. The van der Waals surface area contributed by atoms with Gasteiger partial charge < -0.3 is 9.84 Å². The van der Waals surface area contributed by atoms with Crippen molar-refractivity contribution in [2.45, 2.75) is 0 Å². The first kappa shape index (κ1) is 9.58. The maximum atomic E-state index is 12.7. The predicted molar refractivity (Wildman–Crippen MR) is 56.3 cm³/mol. The molecule has 2 aromatic rings. The highest BCUT2D eigenvalue weighted by Gasteiger charge is 2.00. The van der Waals surface area contributed by atoms with E-state index in [0.717, 1.165) is 11.3 Å². The van der Waals surface area contributed by atoms with E-state index in [1.165, 1.54) is 12.1 Å². The third-order valence-electron chi connectivity index (χ3n) is 2.07. The zero-order chi connectivity index (χ0) is 10.7. The van der Waals surface area contributed by atoms with E-state index in [-0.39, 0.29) is 5.82 Å². The van der Waals surface area contributed by atoms with Crippen molar-refractivity contribution < 1.29 is 8.91 Å². The molecule has 0 radical (unpaired) electrons. The van der Waals surface area contributed by atoms with E-state index in [1.807, 2.05) is 0 Å². The first-order valence-electron chi connectivity index (χ1n) is 4.57. The standard InChI is InChI=1S/C11H11FN2O/c1-13-11(8-14-6-7-15-14)9-2-4-10(12)5-3-9/h2-8,13H,1H3/b11-8-. The van der Waals surface area contributed by atoms with Crippen LogP contribution in [0.2, 0.25) is 0 Å². The number of halogens is 1. The van der Waals surface area contributed by atoms with Gasteiger partial charge in [0.25, 0.3) is 0 Å². The normalized spacial score (nSPS) is 11.7. The van der Waals surface area contributed by atoms with Crippen LogP contribution in [0.5, 0.6) is 0 Å². The smallest absolute Gasteiger partial charge is 0.139 e. The van der Waals surface area contributed by atoms with Crippen LogP contribution in [-0.2, 0) is 0 Å². The maximum Gasteiger partial charge on any atom is 0.139 e. The van der Waals surface area contributed by atoms with Gasteiger partial charge in [0.05, 0.1) is 18.1 Å². The summed E-state index contributed by atoms with van der Waals surface area (Å²) in [5.41, 5.74) is 1.77. The Morgan fingerprint density at radius 2 is 2.07 bits per heavy atom. The lowest BCUT2D eigenvalue weighted by Crippen LogP contribution is -2.06. The molecule has 3 nitrogen and oxygen atoms in total. The molecule has 0 unspecified atom stereocenters. The number of rotatable bonds is 3. The average molecular weight is 206 g/mol. The second kappa shape index (κ2) is 4.04. The molecule has 1 heterocycles. The van der Waals surface area contributed by atoms with E-state index in [4.69, 9.17) is 4.52 Å². The second-order valence-corrected chi connectivity index (χ2v) is 3.05. The van der Waals surface area contributed by atoms with Gasteiger partial charge in [-0.25, -0.2) is 4.39 Å². The summed E-state index contributed by atoms with van der Waals surface area (Å²) >= 11 is 0. The van der Waals surface area contributed by atoms with Crippen molar-refractivity contribution in [3.05, 3.63) is 48.1 Å². The molecule has 0 saturated carbocycles. The van der Waals surface area contributed by atoms with Gasteiger partial charge in [0.1, 0.15) is 12.1 Å². The van der Waals surface area contributed by atoms with Crippen LogP contribution in [0.25, 0.3) is 11.9 Å². The molecule has 0 atom stereocenters. The minimum atomic E-state index is -0.241. The van der Waals surface area contributed by atoms with E-state index < -0.39 is 0 Å². The van der Waals surface area contributed by atoms with Crippen molar-refractivity contribution in [1.82, 2.24) is 10.1 Å². The van der Waals surface area contributed by atoms with Gasteiger partial charge in [0.15, 0.2) is 0 Å². The van der Waals surface area contributed by atoms with Crippen LogP contribution in [-0.4, -0.2) is 11.8 Å². The van der Waals surface area contributed by atoms with Gasteiger partial charge in [0.2, 0.25) is 0 Å². The Hall–Kier alpha value is -1.97. The summed E-state index contributed by atoms with van der Waals surface area (Å²) in [6, 6.07) is 6.27. The summed E-state index contributed by atoms with van der Waals surface area (Å²) in [7, 11) is 1.80. The van der Waals surface area contributed by atoms with Crippen molar-refractivity contribution >= 4 is 11.9 Å². The SMILES string of the molecule is CN/C(=C\n1cco1)c1ccc(F)cc1. The third kappa shape index (κ3) is 2.10. The Kier molecular flexibility index (Phi) is 2.58. The highest BCUT2D eigenvalue weighted by atomic mass is 19.1. The van der Waals surface area contributed by atoms with Gasteiger partial charge in [-0.3, -0.25) is 0 Å². The molecule has 0 fully saturated rings. The zero-order valence-corrected chi connectivity index (χ0v) is 8.27. The topological polar surface area (TPSA) is 30.1 Å². The summed E-state index contributed by atoms with van der Waals surface area (Å²) in [5, 5.41) is 3.02. The fraction of sp³-hybridized carbons (Fsp3) is 0.0909. The van der Waals surface area contributed by atoms with Gasteiger partial charge in [-0.1, -0.05) is 0 Å². The Balaban J connectivity index is 2.29. The summed E-state index contributed by atoms with van der Waals surface area (Å²) in [6.45, 7) is 0. The molecular weight excluding hydrogens is 195 g/mol. The highest BCUT2D eigenvalue weighted by Crippen LogP contribution is 2.13. The average Bonchev–Trinajstić information content (AvgIpc) is 2.19. The summed E-state index contributed by atoms with van der Waals surface area (Å²) in [6.07, 6.45) is 5.14. The zero-order valence-electron chi connectivity index (χ0n) is 8.27. The van der Waals surface area contributed by atoms with Gasteiger partial charge >= 0.3 is 0 Å². The van der Waals surface area contributed by atoms with Crippen molar-refractivity contribution in [3.63, 3.8) is 0 Å². The molecule has 0 bridgehead atoms. The first-order chi connectivity index (χ1) is 7.29. The summed E-state index contributed by atoms with van der Waals surface area (Å²) < 4.78 is 19.2. The molecule has 78 valence electrons. The lowest BCUT2D eigenvalue weighted by atomic mass is 10.1. The predicted octanol–water partition coefficient (Wildman–Crippen LogP) is 2.40. The van der Waals surface area contributed by atoms with Crippen molar-refractivity contribution in [2.24, 2.45) is 0 Å². The lowest BCUT2D eigenvalue weighted by molar-refractivity contribution is 0.297. The Morgan fingerprint density at radius 3 is 2.53 bits per heavy atom.